The molecule has 0 aliphatic heterocycles. The zero-order valence-corrected chi connectivity index (χ0v) is 5.71. The average Bonchev–Trinajstić information content (AvgIpc) is 2.34. The lowest BCUT2D eigenvalue weighted by Crippen LogP contribution is -2.38. The van der Waals surface area contributed by atoms with Gasteiger partial charge in [0.25, 0.3) is 0 Å². The molecule has 1 fully saturated rings. The second-order valence-electron chi connectivity index (χ2n) is 2.61. The normalized spacial score (nSPS) is 32.2. The van der Waals surface area contributed by atoms with Gasteiger partial charge in [0.05, 0.1) is 12.0 Å². The van der Waals surface area contributed by atoms with E-state index < -0.39 is 6.10 Å². The molecule has 2 atom stereocenters. The van der Waals surface area contributed by atoms with Gasteiger partial charge >= 0.3 is 0 Å². The number of carbonyl (C=O) groups is 1. The van der Waals surface area contributed by atoms with Gasteiger partial charge in [-0.1, -0.05) is 0 Å². The zero-order valence-electron chi connectivity index (χ0n) is 5.71. The molecule has 0 spiro atoms. The Kier molecular flexibility index (Phi) is 2.24. The fourth-order valence-corrected chi connectivity index (χ4v) is 1.35. The predicted molar refractivity (Wildman–Crippen MR) is 35.7 cm³/mol. The minimum atomic E-state index is -0.483. The standard InChI is InChI=1S/C6H12N2O2/c7-8-6(10)4-2-1-3-5(4)9/h4-5,9H,1-3,7H2,(H,8,10)/t4-,5+/m1/s1. The quantitative estimate of drug-likeness (QED) is 0.254. The van der Waals surface area contributed by atoms with Crippen molar-refractivity contribution in [3.63, 3.8) is 0 Å². The van der Waals surface area contributed by atoms with Crippen molar-refractivity contribution in [3.05, 3.63) is 0 Å². The van der Waals surface area contributed by atoms with Crippen LogP contribution in [0, 0.1) is 5.92 Å². The molecule has 0 aromatic carbocycles. The molecule has 1 aliphatic rings. The molecule has 1 aliphatic carbocycles. The Morgan fingerprint density at radius 2 is 2.30 bits per heavy atom. The summed E-state index contributed by atoms with van der Waals surface area (Å²) in [5.41, 5.74) is 2.04. The first-order valence-corrected chi connectivity index (χ1v) is 3.44. The monoisotopic (exact) mass is 144 g/mol. The van der Waals surface area contributed by atoms with E-state index in [1.54, 1.807) is 0 Å². The number of aliphatic hydroxyl groups is 1. The summed E-state index contributed by atoms with van der Waals surface area (Å²) in [5.74, 6) is 4.38. The summed E-state index contributed by atoms with van der Waals surface area (Å²) in [4.78, 5) is 10.8. The fraction of sp³-hybridized carbons (Fsp3) is 0.833. The van der Waals surface area contributed by atoms with Crippen LogP contribution in [0.4, 0.5) is 0 Å². The molecule has 4 nitrogen and oxygen atoms in total. The Bertz CT molecular complexity index is 138. The van der Waals surface area contributed by atoms with Gasteiger partial charge in [-0.3, -0.25) is 10.2 Å². The van der Waals surface area contributed by atoms with Crippen molar-refractivity contribution >= 4 is 5.91 Å². The van der Waals surface area contributed by atoms with E-state index in [4.69, 9.17) is 5.84 Å². The van der Waals surface area contributed by atoms with Gasteiger partial charge in [-0.2, -0.15) is 0 Å². The largest absolute Gasteiger partial charge is 0.392 e. The molecule has 1 rings (SSSR count). The number of carbonyl (C=O) groups excluding carboxylic acids is 1. The molecule has 0 aromatic rings. The molecule has 10 heavy (non-hydrogen) atoms. The number of amides is 1. The number of hydrazine groups is 1. The van der Waals surface area contributed by atoms with Crippen LogP contribution < -0.4 is 11.3 Å². The van der Waals surface area contributed by atoms with Gasteiger partial charge in [-0.25, -0.2) is 5.84 Å². The molecule has 0 heterocycles. The van der Waals surface area contributed by atoms with E-state index in [1.165, 1.54) is 0 Å². The van der Waals surface area contributed by atoms with Crippen LogP contribution in [0.15, 0.2) is 0 Å². The molecule has 0 radical (unpaired) electrons. The fourth-order valence-electron chi connectivity index (χ4n) is 1.35. The highest BCUT2D eigenvalue weighted by atomic mass is 16.3. The number of aliphatic hydroxyl groups excluding tert-OH is 1. The van der Waals surface area contributed by atoms with E-state index in [2.05, 4.69) is 0 Å². The molecule has 0 unspecified atom stereocenters. The molecular weight excluding hydrogens is 132 g/mol. The molecule has 0 bridgehead atoms. The van der Waals surface area contributed by atoms with Crippen LogP contribution in [0.2, 0.25) is 0 Å². The first-order chi connectivity index (χ1) is 4.75. The molecule has 0 saturated heterocycles. The Labute approximate surface area is 59.4 Å². The van der Waals surface area contributed by atoms with Gasteiger partial charge in [0, 0.05) is 0 Å². The van der Waals surface area contributed by atoms with Gasteiger partial charge in [0.2, 0.25) is 5.91 Å². The highest BCUT2D eigenvalue weighted by molar-refractivity contribution is 5.78. The van der Waals surface area contributed by atoms with Gasteiger partial charge < -0.3 is 5.11 Å². The van der Waals surface area contributed by atoms with Crippen LogP contribution in [-0.4, -0.2) is 17.1 Å². The third-order valence-electron chi connectivity index (χ3n) is 1.96. The van der Waals surface area contributed by atoms with E-state index in [0.29, 0.717) is 0 Å². The maximum absolute atomic E-state index is 10.8. The summed E-state index contributed by atoms with van der Waals surface area (Å²) < 4.78 is 0. The lowest BCUT2D eigenvalue weighted by Gasteiger charge is -2.10. The van der Waals surface area contributed by atoms with Crippen LogP contribution in [-0.2, 0) is 4.79 Å². The first kappa shape index (κ1) is 7.50. The number of nitrogens with one attached hydrogen (secondary N) is 1. The number of hydrogen-bond acceptors (Lipinski definition) is 3. The Hall–Kier alpha value is -0.610. The Morgan fingerprint density at radius 3 is 2.70 bits per heavy atom. The first-order valence-electron chi connectivity index (χ1n) is 3.44. The number of hydrogen-bond donors (Lipinski definition) is 3. The van der Waals surface area contributed by atoms with Gasteiger partial charge in [-0.15, -0.1) is 0 Å². The van der Waals surface area contributed by atoms with Crippen molar-refractivity contribution in [1.82, 2.24) is 5.43 Å². The lowest BCUT2D eigenvalue weighted by molar-refractivity contribution is -0.127. The van der Waals surface area contributed by atoms with Crippen molar-refractivity contribution in [2.24, 2.45) is 11.8 Å². The molecule has 1 amide bonds. The summed E-state index contributed by atoms with van der Waals surface area (Å²) in [6, 6.07) is 0. The summed E-state index contributed by atoms with van der Waals surface area (Å²) in [7, 11) is 0. The molecule has 1 saturated carbocycles. The van der Waals surface area contributed by atoms with E-state index in [0.717, 1.165) is 19.3 Å². The SMILES string of the molecule is NNC(=O)[C@@H]1CCC[C@@H]1O. The van der Waals surface area contributed by atoms with Crippen LogP contribution in [0.25, 0.3) is 0 Å². The van der Waals surface area contributed by atoms with Crippen molar-refractivity contribution in [2.45, 2.75) is 25.4 Å². The van der Waals surface area contributed by atoms with Crippen molar-refractivity contribution in [1.29, 1.82) is 0 Å². The highest BCUT2D eigenvalue weighted by Crippen LogP contribution is 2.24. The van der Waals surface area contributed by atoms with Crippen LogP contribution in [0.3, 0.4) is 0 Å². The van der Waals surface area contributed by atoms with Crippen molar-refractivity contribution in [3.8, 4) is 0 Å². The molecular formula is C6H12N2O2. The van der Waals surface area contributed by atoms with E-state index in [1.807, 2.05) is 5.43 Å². The minimum Gasteiger partial charge on any atom is -0.392 e. The maximum Gasteiger partial charge on any atom is 0.239 e. The summed E-state index contributed by atoms with van der Waals surface area (Å²) in [6.07, 6.45) is 1.91. The second-order valence-corrected chi connectivity index (χ2v) is 2.61. The number of rotatable bonds is 1. The molecule has 0 aromatic heterocycles. The van der Waals surface area contributed by atoms with Gasteiger partial charge in [-0.05, 0) is 19.3 Å². The van der Waals surface area contributed by atoms with Crippen LogP contribution in [0.1, 0.15) is 19.3 Å². The second kappa shape index (κ2) is 2.98. The zero-order chi connectivity index (χ0) is 7.56. The third-order valence-corrected chi connectivity index (χ3v) is 1.96. The molecule has 4 heteroatoms. The lowest BCUT2D eigenvalue weighted by atomic mass is 10.1. The minimum absolute atomic E-state index is 0.245. The van der Waals surface area contributed by atoms with E-state index in [9.17, 15) is 9.90 Å². The van der Waals surface area contributed by atoms with E-state index >= 15 is 0 Å². The summed E-state index contributed by atoms with van der Waals surface area (Å²) in [6.45, 7) is 0. The Balaban J connectivity index is 2.46. The van der Waals surface area contributed by atoms with E-state index in [-0.39, 0.29) is 11.8 Å². The smallest absolute Gasteiger partial charge is 0.239 e. The van der Waals surface area contributed by atoms with Crippen LogP contribution >= 0.6 is 0 Å². The summed E-state index contributed by atoms with van der Waals surface area (Å²) >= 11 is 0. The third kappa shape index (κ3) is 1.27. The average molecular weight is 144 g/mol. The predicted octanol–water partition coefficient (Wildman–Crippen LogP) is -0.863. The van der Waals surface area contributed by atoms with Crippen LogP contribution in [0.5, 0.6) is 0 Å². The topological polar surface area (TPSA) is 75.3 Å². The maximum atomic E-state index is 10.8. The van der Waals surface area contributed by atoms with Crippen molar-refractivity contribution in [2.75, 3.05) is 0 Å². The van der Waals surface area contributed by atoms with Gasteiger partial charge in [0.15, 0.2) is 0 Å². The Morgan fingerprint density at radius 1 is 1.60 bits per heavy atom. The molecule has 4 N–H and O–H groups in total. The highest BCUT2D eigenvalue weighted by Gasteiger charge is 2.30. The van der Waals surface area contributed by atoms with Gasteiger partial charge in [0.1, 0.15) is 0 Å². The molecule has 58 valence electrons. The summed E-state index contributed by atoms with van der Waals surface area (Å²) in [5, 5.41) is 9.17. The van der Waals surface area contributed by atoms with Crippen molar-refractivity contribution < 1.29 is 9.90 Å². The number of nitrogens with two attached hydrogens (primary N) is 1.